The van der Waals surface area contributed by atoms with Gasteiger partial charge in [-0.3, -0.25) is 28.8 Å². The lowest BCUT2D eigenvalue weighted by Crippen LogP contribution is -2.61. The number of hydrogen-bond acceptors (Lipinski definition) is 10. The summed E-state index contributed by atoms with van der Waals surface area (Å²) in [6.07, 6.45) is -1.70. The normalized spacial score (nSPS) is 29.4. The van der Waals surface area contributed by atoms with E-state index in [-0.39, 0.29) is 0 Å². The average Bonchev–Trinajstić information content (AvgIpc) is 2.72. The number of thioether (sulfide) groups is 1. The van der Waals surface area contributed by atoms with Gasteiger partial charge in [-0.1, -0.05) is 0 Å². The van der Waals surface area contributed by atoms with Crippen molar-refractivity contribution in [2.75, 3.05) is 12.4 Å². The van der Waals surface area contributed by atoms with Crippen LogP contribution in [0.4, 0.5) is 0 Å². The van der Waals surface area contributed by atoms with Crippen molar-refractivity contribution in [1.29, 1.82) is 0 Å². The third kappa shape index (κ3) is 7.85. The maximum Gasteiger partial charge on any atom is 0.340 e. The van der Waals surface area contributed by atoms with Gasteiger partial charge in [0.25, 0.3) is 0 Å². The van der Waals surface area contributed by atoms with Crippen molar-refractivity contribution in [3.05, 3.63) is 0 Å². The van der Waals surface area contributed by atoms with Crippen molar-refractivity contribution in [2.24, 2.45) is 17.2 Å². The predicted octanol–water partition coefficient (Wildman–Crippen LogP) is -5.83. The second kappa shape index (κ2) is 12.1. The molecule has 0 aromatic rings. The molecular weight excluding hydrogens is 478 g/mol. The van der Waals surface area contributed by atoms with E-state index in [1.807, 2.05) is 0 Å². The number of nitrogens with two attached hydrogens (primary N) is 3. The number of aliphatic carboxylic acids is 1. The molecule has 0 aliphatic carbocycles. The number of carbonyl (C=O) groups is 7. The third-order valence-corrected chi connectivity index (χ3v) is 5.99. The number of rotatable bonds is 6. The first-order chi connectivity index (χ1) is 15.7. The van der Waals surface area contributed by atoms with Gasteiger partial charge < -0.3 is 48.7 Å². The topological polar surface area (TPSA) is 286 Å². The van der Waals surface area contributed by atoms with Crippen LogP contribution in [0.5, 0.6) is 0 Å². The summed E-state index contributed by atoms with van der Waals surface area (Å²) in [6.45, 7) is 0.341. The van der Waals surface area contributed by atoms with Gasteiger partial charge >= 0.3 is 5.97 Å². The van der Waals surface area contributed by atoms with Crippen molar-refractivity contribution in [3.63, 3.8) is 0 Å². The van der Waals surface area contributed by atoms with Crippen molar-refractivity contribution < 1.29 is 43.8 Å². The molecule has 0 aromatic heterocycles. The van der Waals surface area contributed by atoms with Gasteiger partial charge in [-0.05, 0) is 6.92 Å². The van der Waals surface area contributed by atoms with E-state index in [2.05, 4.69) is 21.3 Å². The summed E-state index contributed by atoms with van der Waals surface area (Å²) >= 11 is 0.375. The molecule has 0 saturated carbocycles. The van der Waals surface area contributed by atoms with Crippen LogP contribution in [0.25, 0.3) is 0 Å². The summed E-state index contributed by atoms with van der Waals surface area (Å²) in [7, 11) is 0. The average molecular weight is 506 g/mol. The fourth-order valence-corrected chi connectivity index (χ4v) is 3.88. The maximum absolute atomic E-state index is 12.9. The number of aliphatic hydroxyl groups excluding tert-OH is 1. The molecule has 1 aliphatic rings. The molecule has 0 aromatic carbocycles. The molecule has 1 aliphatic heterocycles. The van der Waals surface area contributed by atoms with E-state index in [0.717, 1.165) is 0 Å². The minimum Gasteiger partial charge on any atom is -0.479 e. The number of carboxylic acids is 1. The number of amides is 6. The highest BCUT2D eigenvalue weighted by molar-refractivity contribution is 8.01. The van der Waals surface area contributed by atoms with Gasteiger partial charge in [0.05, 0.1) is 25.5 Å². The van der Waals surface area contributed by atoms with Crippen LogP contribution >= 0.6 is 11.8 Å². The van der Waals surface area contributed by atoms with Gasteiger partial charge in [-0.25, -0.2) is 4.79 Å². The monoisotopic (exact) mass is 505 g/mol. The lowest BCUT2D eigenvalue weighted by Gasteiger charge is -2.31. The van der Waals surface area contributed by atoms with Crippen LogP contribution in [0.1, 0.15) is 19.8 Å². The molecule has 0 bridgehead atoms. The molecule has 16 nitrogen and oxygen atoms in total. The molecule has 1 rings (SSSR count). The first kappa shape index (κ1) is 28.6. The summed E-state index contributed by atoms with van der Waals surface area (Å²) < 4.78 is 0. The lowest BCUT2D eigenvalue weighted by molar-refractivity contribution is -0.145. The molecule has 6 amide bonds. The van der Waals surface area contributed by atoms with Gasteiger partial charge in [-0.15, -0.1) is 11.8 Å². The molecule has 17 heteroatoms. The number of nitrogens with one attached hydrogen (secondary N) is 4. The van der Waals surface area contributed by atoms with E-state index in [0.29, 0.717) is 11.8 Å². The van der Waals surface area contributed by atoms with Crippen LogP contribution < -0.4 is 38.5 Å². The molecule has 1 fully saturated rings. The zero-order valence-corrected chi connectivity index (χ0v) is 18.8. The Balaban J connectivity index is 3.48. The Morgan fingerprint density at radius 1 is 0.971 bits per heavy atom. The number of carboxylic acid groups (broad SMARTS) is 1. The van der Waals surface area contributed by atoms with Crippen LogP contribution in [0.15, 0.2) is 0 Å². The molecule has 0 spiro atoms. The summed E-state index contributed by atoms with van der Waals surface area (Å²) in [6, 6.07) is -5.99. The Morgan fingerprint density at radius 3 is 2.06 bits per heavy atom. The van der Waals surface area contributed by atoms with Crippen molar-refractivity contribution >= 4 is 53.2 Å². The number of aliphatic hydroxyl groups is 1. The van der Waals surface area contributed by atoms with Crippen LogP contribution in [0, 0.1) is 0 Å². The Morgan fingerprint density at radius 2 is 1.56 bits per heavy atom. The zero-order chi connectivity index (χ0) is 26.2. The summed E-state index contributed by atoms with van der Waals surface area (Å²) in [5, 5.41) is 27.8. The van der Waals surface area contributed by atoms with Crippen molar-refractivity contribution in [3.8, 4) is 0 Å². The molecule has 34 heavy (non-hydrogen) atoms. The van der Waals surface area contributed by atoms with Gasteiger partial charge in [0, 0.05) is 5.75 Å². The number of carbonyl (C=O) groups excluding carboxylic acids is 6. The lowest BCUT2D eigenvalue weighted by atomic mass is 10.1. The van der Waals surface area contributed by atoms with Crippen LogP contribution in [-0.2, 0) is 33.6 Å². The Hall–Kier alpha value is -3.44. The molecule has 1 saturated heterocycles. The largest absolute Gasteiger partial charge is 0.479 e. The molecule has 2 unspecified atom stereocenters. The van der Waals surface area contributed by atoms with E-state index in [1.54, 1.807) is 0 Å². The number of hydrogen-bond donors (Lipinski definition) is 9. The summed E-state index contributed by atoms with van der Waals surface area (Å²) in [5.41, 5.74) is 16.0. The van der Waals surface area contributed by atoms with Gasteiger partial charge in [-0.2, -0.15) is 0 Å². The first-order valence-electron chi connectivity index (χ1n) is 9.76. The fraction of sp³-hybridized carbons (Fsp3) is 0.588. The smallest absolute Gasteiger partial charge is 0.340 e. The van der Waals surface area contributed by atoms with Crippen LogP contribution in [0.3, 0.4) is 0 Å². The summed E-state index contributed by atoms with van der Waals surface area (Å²) in [5.74, 6) is -8.50. The van der Waals surface area contributed by atoms with Gasteiger partial charge in [0.15, 0.2) is 4.87 Å². The Bertz CT molecular complexity index is 870. The quantitative estimate of drug-likeness (QED) is 0.164. The van der Waals surface area contributed by atoms with Crippen molar-refractivity contribution in [2.45, 2.75) is 48.8 Å². The molecule has 0 radical (unpaired) electrons. The molecule has 5 atom stereocenters. The van der Waals surface area contributed by atoms with Gasteiger partial charge in [0.1, 0.15) is 18.1 Å². The van der Waals surface area contributed by atoms with E-state index in [4.69, 9.17) is 17.2 Å². The highest BCUT2D eigenvalue weighted by Gasteiger charge is 2.45. The molecule has 12 N–H and O–H groups in total. The van der Waals surface area contributed by atoms with E-state index in [1.165, 1.54) is 6.92 Å². The van der Waals surface area contributed by atoms with Crippen LogP contribution in [-0.4, -0.2) is 93.0 Å². The minimum absolute atomic E-state index is 0.375. The fourth-order valence-electron chi connectivity index (χ4n) is 2.72. The maximum atomic E-state index is 12.9. The summed E-state index contributed by atoms with van der Waals surface area (Å²) in [4.78, 5) is 82.7. The molecular formula is C17H27N7O9S. The second-order valence-corrected chi connectivity index (χ2v) is 8.71. The molecule has 1 heterocycles. The second-order valence-electron chi connectivity index (χ2n) is 7.39. The Kier molecular flexibility index (Phi) is 10.2. The minimum atomic E-state index is -2.43. The van der Waals surface area contributed by atoms with Crippen molar-refractivity contribution in [1.82, 2.24) is 21.3 Å². The van der Waals surface area contributed by atoms with Crippen LogP contribution in [0.2, 0.25) is 0 Å². The van der Waals surface area contributed by atoms with E-state index in [9.17, 15) is 43.8 Å². The predicted molar refractivity (Wildman–Crippen MR) is 115 cm³/mol. The Labute approximate surface area is 197 Å². The molecule has 190 valence electrons. The number of primary amides is 2. The standard InChI is InChI=1S/C17H27N7O9S/c1-6-12(28)22-8(2-10(19)26)15(31)24-17(16(32)33,3-11(20)27)34-5-7(18)13(29)23-9(4-25)14(30)21-6/h6-9,25H,2-5,18H2,1H3,(H2,19,26)(H2,20,27)(H,21,30)(H,22,28)(H,23,29)(H,24,31)(H,32,33)/t6-,7-,8?,9?,17+/m0/s1. The highest BCUT2D eigenvalue weighted by atomic mass is 32.2. The highest BCUT2D eigenvalue weighted by Crippen LogP contribution is 2.28. The first-order valence-corrected chi connectivity index (χ1v) is 10.7. The van der Waals surface area contributed by atoms with E-state index < -0.39 is 95.7 Å². The third-order valence-electron chi connectivity index (χ3n) is 4.55. The van der Waals surface area contributed by atoms with E-state index >= 15 is 0 Å². The zero-order valence-electron chi connectivity index (χ0n) is 18.0. The van der Waals surface area contributed by atoms with Gasteiger partial charge in [0.2, 0.25) is 35.4 Å². The SMILES string of the molecule is C[C@@H]1NC(=O)C(CO)NC(=O)[C@@H](N)CS[C@](CC(N)=O)(C(=O)O)NC(=O)C(CC(N)=O)NC1=O.